The van der Waals surface area contributed by atoms with Crippen molar-refractivity contribution in [3.63, 3.8) is 0 Å². The van der Waals surface area contributed by atoms with Crippen LogP contribution in [0.5, 0.6) is 0 Å². The average molecular weight is 393 g/mol. The van der Waals surface area contributed by atoms with Gasteiger partial charge >= 0.3 is 12.1 Å². The molecule has 1 aliphatic heterocycles. The lowest BCUT2D eigenvalue weighted by Crippen LogP contribution is -2.62. The van der Waals surface area contributed by atoms with E-state index in [2.05, 4.69) is 0 Å². The fourth-order valence-corrected chi connectivity index (χ4v) is 4.52. The Kier molecular flexibility index (Phi) is 5.87. The number of aldehydes is 1. The van der Waals surface area contributed by atoms with Crippen LogP contribution in [0.25, 0.3) is 0 Å². The molecule has 1 aromatic rings. The number of benzene rings is 1. The second-order valence-electron chi connectivity index (χ2n) is 8.83. The Balaban J connectivity index is 2.84. The molecule has 154 valence electrons. The molecule has 1 aromatic carbocycles. The zero-order chi connectivity index (χ0) is 21.4. The molecule has 4 unspecified atom stereocenters. The molecule has 28 heavy (non-hydrogen) atoms. The van der Waals surface area contributed by atoms with Gasteiger partial charge in [-0.2, -0.15) is 0 Å². The second-order valence-corrected chi connectivity index (χ2v) is 8.83. The van der Waals surface area contributed by atoms with E-state index < -0.39 is 46.5 Å². The molecular weight excluding hydrogens is 365 g/mol. The first-order valence-corrected chi connectivity index (χ1v) is 9.29. The number of likely N-dealkylation sites (tertiary alicyclic amines) is 1. The van der Waals surface area contributed by atoms with Crippen molar-refractivity contribution in [1.29, 1.82) is 0 Å². The molecule has 0 saturated carbocycles. The third kappa shape index (κ3) is 3.50. The van der Waals surface area contributed by atoms with Gasteiger partial charge in [-0.1, -0.05) is 39.8 Å². The Labute approximate surface area is 164 Å². The number of halogens is 1. The molecule has 0 aromatic heterocycles. The van der Waals surface area contributed by atoms with Crippen LogP contribution in [-0.4, -0.2) is 46.6 Å². The Morgan fingerprint density at radius 1 is 1.32 bits per heavy atom. The molecule has 1 heterocycles. The Morgan fingerprint density at radius 2 is 1.93 bits per heavy atom. The molecule has 4 atom stereocenters. The largest absolute Gasteiger partial charge is 0.481 e. The average Bonchev–Trinajstić information content (AvgIpc) is 2.61. The molecule has 1 saturated heterocycles. The summed E-state index contributed by atoms with van der Waals surface area (Å²) >= 11 is 0. The number of hydrogen-bond acceptors (Lipinski definition) is 3. The van der Waals surface area contributed by atoms with Crippen molar-refractivity contribution in [1.82, 2.24) is 4.90 Å². The van der Waals surface area contributed by atoms with Crippen LogP contribution in [0, 0.1) is 35.4 Å². The van der Waals surface area contributed by atoms with E-state index in [0.29, 0.717) is 11.8 Å². The van der Waals surface area contributed by atoms with E-state index in [1.54, 1.807) is 19.9 Å². The van der Waals surface area contributed by atoms with Gasteiger partial charge in [0.2, 0.25) is 0 Å². The summed E-state index contributed by atoms with van der Waals surface area (Å²) in [6.45, 7) is 8.59. The highest BCUT2D eigenvalue weighted by Gasteiger charge is 2.60. The summed E-state index contributed by atoms with van der Waals surface area (Å²) in [5.41, 5.74) is -1.35. The highest BCUT2D eigenvalue weighted by molar-refractivity contribution is 5.81. The Morgan fingerprint density at radius 3 is 2.39 bits per heavy atom. The van der Waals surface area contributed by atoms with Crippen molar-refractivity contribution in [3.8, 4) is 0 Å². The van der Waals surface area contributed by atoms with Crippen LogP contribution in [0.3, 0.4) is 0 Å². The van der Waals surface area contributed by atoms with Gasteiger partial charge in [0.1, 0.15) is 12.1 Å². The number of carbonyl (C=O) groups is 3. The molecule has 1 aliphatic rings. The van der Waals surface area contributed by atoms with Crippen molar-refractivity contribution >= 4 is 18.3 Å². The number of nitrogens with zero attached hydrogens (tertiary/aromatic N) is 1. The van der Waals surface area contributed by atoms with Gasteiger partial charge in [-0.3, -0.25) is 4.79 Å². The van der Waals surface area contributed by atoms with E-state index in [1.165, 1.54) is 12.1 Å². The lowest BCUT2D eigenvalue weighted by Gasteiger charge is -2.53. The van der Waals surface area contributed by atoms with Crippen LogP contribution in [0.1, 0.15) is 44.7 Å². The summed E-state index contributed by atoms with van der Waals surface area (Å²) in [7, 11) is 0. The minimum absolute atomic E-state index is 0.120. The SMILES string of the molecule is Cc1c(F)cccc1C1C(C=O)CN(C(=O)O)CC1(C(=O)O)C(C)C(C)(C)C. The summed E-state index contributed by atoms with van der Waals surface area (Å²) in [4.78, 5) is 37.4. The number of carboxylic acids is 1. The Bertz CT molecular complexity index is 787. The topological polar surface area (TPSA) is 94.9 Å². The normalized spacial score (nSPS) is 26.6. The van der Waals surface area contributed by atoms with Gasteiger partial charge in [-0.05, 0) is 35.4 Å². The third-order valence-electron chi connectivity index (χ3n) is 6.43. The highest BCUT2D eigenvalue weighted by atomic mass is 19.1. The van der Waals surface area contributed by atoms with E-state index in [1.807, 2.05) is 20.8 Å². The smallest absolute Gasteiger partial charge is 0.407 e. The van der Waals surface area contributed by atoms with E-state index in [4.69, 9.17) is 0 Å². The van der Waals surface area contributed by atoms with Crippen molar-refractivity contribution in [2.24, 2.45) is 22.7 Å². The molecule has 0 radical (unpaired) electrons. The maximum atomic E-state index is 14.3. The first kappa shape index (κ1) is 21.9. The number of hydrogen-bond donors (Lipinski definition) is 2. The monoisotopic (exact) mass is 393 g/mol. The van der Waals surface area contributed by atoms with Crippen molar-refractivity contribution < 1.29 is 29.0 Å². The van der Waals surface area contributed by atoms with Crippen LogP contribution in [-0.2, 0) is 9.59 Å². The van der Waals surface area contributed by atoms with Gasteiger partial charge in [0, 0.05) is 24.9 Å². The summed E-state index contributed by atoms with van der Waals surface area (Å²) in [5, 5.41) is 20.0. The standard InChI is InChI=1S/C21H28FNO5/c1-12-15(7-6-8-16(12)22)17-14(10-24)9-23(19(27)28)11-21(17,18(25)26)13(2)20(3,4)5/h6-8,10,13-14,17H,9,11H2,1-5H3,(H,25,26)(H,27,28). The fraction of sp³-hybridized carbons (Fsp3) is 0.571. The Hall–Kier alpha value is -2.44. The van der Waals surface area contributed by atoms with Gasteiger partial charge < -0.3 is 19.9 Å². The molecule has 1 amide bonds. The third-order valence-corrected chi connectivity index (χ3v) is 6.43. The lowest BCUT2D eigenvalue weighted by atomic mass is 9.53. The lowest BCUT2D eigenvalue weighted by molar-refractivity contribution is -0.165. The highest BCUT2D eigenvalue weighted by Crippen LogP contribution is 2.55. The number of amides is 1. The summed E-state index contributed by atoms with van der Waals surface area (Å²) < 4.78 is 14.3. The number of piperidine rings is 1. The van der Waals surface area contributed by atoms with Crippen molar-refractivity contribution in [2.75, 3.05) is 13.1 Å². The zero-order valence-corrected chi connectivity index (χ0v) is 16.9. The molecular formula is C21H28FNO5. The van der Waals surface area contributed by atoms with Crippen molar-refractivity contribution in [2.45, 2.75) is 40.5 Å². The van der Waals surface area contributed by atoms with Gasteiger partial charge in [-0.25, -0.2) is 9.18 Å². The van der Waals surface area contributed by atoms with Crippen LogP contribution in [0.2, 0.25) is 0 Å². The maximum Gasteiger partial charge on any atom is 0.407 e. The fourth-order valence-electron chi connectivity index (χ4n) is 4.52. The van der Waals surface area contributed by atoms with Crippen LogP contribution in [0.15, 0.2) is 18.2 Å². The summed E-state index contributed by atoms with van der Waals surface area (Å²) in [5.74, 6) is -3.91. The van der Waals surface area contributed by atoms with Crippen molar-refractivity contribution in [3.05, 3.63) is 35.1 Å². The maximum absolute atomic E-state index is 14.3. The van der Waals surface area contributed by atoms with Crippen LogP contribution in [0.4, 0.5) is 9.18 Å². The predicted octanol–water partition coefficient (Wildman–Crippen LogP) is 3.78. The molecule has 2 rings (SSSR count). The quantitative estimate of drug-likeness (QED) is 0.759. The van der Waals surface area contributed by atoms with Gasteiger partial charge in [0.15, 0.2) is 0 Å². The molecule has 2 N–H and O–H groups in total. The number of carboxylic acid groups (broad SMARTS) is 2. The number of aliphatic carboxylic acids is 1. The minimum atomic E-state index is -1.58. The van der Waals surface area contributed by atoms with E-state index in [9.17, 15) is 29.0 Å². The van der Waals surface area contributed by atoms with E-state index >= 15 is 0 Å². The molecule has 6 nitrogen and oxygen atoms in total. The van der Waals surface area contributed by atoms with Gasteiger partial charge in [0.25, 0.3) is 0 Å². The molecule has 1 fully saturated rings. The first-order chi connectivity index (χ1) is 12.9. The number of carbonyl (C=O) groups excluding carboxylic acids is 1. The molecule has 0 bridgehead atoms. The van der Waals surface area contributed by atoms with E-state index in [-0.39, 0.29) is 18.7 Å². The van der Waals surface area contributed by atoms with Gasteiger partial charge in [0.05, 0.1) is 5.41 Å². The van der Waals surface area contributed by atoms with Crippen LogP contribution < -0.4 is 0 Å². The van der Waals surface area contributed by atoms with Gasteiger partial charge in [-0.15, -0.1) is 0 Å². The molecule has 0 aliphatic carbocycles. The molecule has 0 spiro atoms. The van der Waals surface area contributed by atoms with E-state index in [0.717, 1.165) is 4.90 Å². The summed E-state index contributed by atoms with van der Waals surface area (Å²) in [6, 6.07) is 4.43. The predicted molar refractivity (Wildman–Crippen MR) is 102 cm³/mol. The zero-order valence-electron chi connectivity index (χ0n) is 16.9. The second kappa shape index (κ2) is 7.53. The number of rotatable bonds is 4. The molecule has 7 heteroatoms. The van der Waals surface area contributed by atoms with Crippen LogP contribution >= 0.6 is 0 Å². The first-order valence-electron chi connectivity index (χ1n) is 9.29. The minimum Gasteiger partial charge on any atom is -0.481 e. The summed E-state index contributed by atoms with van der Waals surface area (Å²) in [6.07, 6.45) is -0.662.